The van der Waals surface area contributed by atoms with E-state index in [2.05, 4.69) is 22.9 Å². The summed E-state index contributed by atoms with van der Waals surface area (Å²) in [7, 11) is 0. The van der Waals surface area contributed by atoms with Gasteiger partial charge in [0.1, 0.15) is 0 Å². The predicted molar refractivity (Wildman–Crippen MR) is 166 cm³/mol. The first-order valence-corrected chi connectivity index (χ1v) is 17.2. The molecule has 0 amide bonds. The molecule has 40 heavy (non-hydrogen) atoms. The molecule has 0 atom stereocenters. The van der Waals surface area contributed by atoms with E-state index in [0.29, 0.717) is 99.1 Å². The van der Waals surface area contributed by atoms with E-state index in [-0.39, 0.29) is 0 Å². The minimum Gasteiger partial charge on any atom is -0.379 e. The summed E-state index contributed by atoms with van der Waals surface area (Å²) < 4.78 is 43.8. The number of rotatable bonds is 37. The average Bonchev–Trinajstić information content (AvgIpc) is 2.97. The van der Waals surface area contributed by atoms with Crippen LogP contribution in [0.5, 0.6) is 0 Å². The molecule has 0 aromatic heterocycles. The Morgan fingerprint density at radius 2 is 0.500 bits per heavy atom. The van der Waals surface area contributed by atoms with E-state index in [4.69, 9.17) is 37.9 Å². The van der Waals surface area contributed by atoms with Gasteiger partial charge < -0.3 is 37.9 Å². The van der Waals surface area contributed by atoms with Gasteiger partial charge in [-0.05, 0) is 6.42 Å². The van der Waals surface area contributed by atoms with Crippen molar-refractivity contribution < 1.29 is 37.9 Å². The quantitative estimate of drug-likeness (QED) is 0.0554. The Labute approximate surface area is 254 Å². The summed E-state index contributed by atoms with van der Waals surface area (Å²) in [5.74, 6) is 0. The molecule has 242 valence electrons. The molecular formula is C31H63BrO8. The highest BCUT2D eigenvalue weighted by Gasteiger charge is 1.97. The fourth-order valence-corrected chi connectivity index (χ4v) is 4.15. The van der Waals surface area contributed by atoms with Crippen LogP contribution in [0.2, 0.25) is 0 Å². The van der Waals surface area contributed by atoms with Gasteiger partial charge in [-0.1, -0.05) is 99.9 Å². The molecule has 0 aromatic carbocycles. The number of unbranched alkanes of at least 4 members (excludes halogenated alkanes) is 12. The van der Waals surface area contributed by atoms with E-state index >= 15 is 0 Å². The van der Waals surface area contributed by atoms with Gasteiger partial charge in [0.2, 0.25) is 0 Å². The fraction of sp³-hybridized carbons (Fsp3) is 1.00. The highest BCUT2D eigenvalue weighted by atomic mass is 79.9. The SMILES string of the molecule is CCCCCCCCCCCCCCCOCCOCCOCCOCCOCCOCCOCCOCCBr. The standard InChI is InChI=1S/C31H63BrO8/c1-2-3-4-5-6-7-8-9-10-11-12-13-14-16-33-18-20-35-22-24-37-26-28-39-30-31-40-29-27-38-25-23-36-21-19-34-17-15-32/h2-31H2,1H3. The van der Waals surface area contributed by atoms with Gasteiger partial charge in [-0.2, -0.15) is 0 Å². The summed E-state index contributed by atoms with van der Waals surface area (Å²) in [6.07, 6.45) is 17.9. The van der Waals surface area contributed by atoms with Gasteiger partial charge in [-0.3, -0.25) is 0 Å². The van der Waals surface area contributed by atoms with Crippen LogP contribution in [0, 0.1) is 0 Å². The Hall–Kier alpha value is 0.160. The van der Waals surface area contributed by atoms with Crippen molar-refractivity contribution in [3.8, 4) is 0 Å². The predicted octanol–water partition coefficient (Wildman–Crippen LogP) is 6.61. The molecule has 0 rings (SSSR count). The number of ether oxygens (including phenoxy) is 8. The highest BCUT2D eigenvalue weighted by molar-refractivity contribution is 9.09. The van der Waals surface area contributed by atoms with Crippen LogP contribution >= 0.6 is 15.9 Å². The third kappa shape index (κ3) is 38.2. The Morgan fingerprint density at radius 3 is 0.775 bits per heavy atom. The molecule has 0 fully saturated rings. The zero-order chi connectivity index (χ0) is 28.9. The van der Waals surface area contributed by atoms with Crippen molar-refractivity contribution in [1.82, 2.24) is 0 Å². The first-order chi connectivity index (χ1) is 19.9. The van der Waals surface area contributed by atoms with Crippen LogP contribution < -0.4 is 0 Å². The fourth-order valence-electron chi connectivity index (χ4n) is 3.92. The van der Waals surface area contributed by atoms with Crippen molar-refractivity contribution in [3.05, 3.63) is 0 Å². The van der Waals surface area contributed by atoms with E-state index in [1.807, 2.05) is 0 Å². The molecule has 0 aliphatic carbocycles. The van der Waals surface area contributed by atoms with Crippen molar-refractivity contribution in [1.29, 1.82) is 0 Å². The van der Waals surface area contributed by atoms with Crippen molar-refractivity contribution in [3.63, 3.8) is 0 Å². The van der Waals surface area contributed by atoms with E-state index in [0.717, 1.165) is 18.4 Å². The molecule has 0 aliphatic rings. The lowest BCUT2D eigenvalue weighted by Crippen LogP contribution is -2.15. The minimum atomic E-state index is 0.549. The summed E-state index contributed by atoms with van der Waals surface area (Å²) in [6.45, 7) is 11.9. The second kappa shape index (κ2) is 39.2. The molecule has 0 aromatic rings. The molecule has 0 bridgehead atoms. The molecule has 0 spiro atoms. The lowest BCUT2D eigenvalue weighted by molar-refractivity contribution is -0.0228. The molecule has 0 saturated heterocycles. The lowest BCUT2D eigenvalue weighted by Gasteiger charge is -2.08. The van der Waals surface area contributed by atoms with E-state index in [9.17, 15) is 0 Å². The van der Waals surface area contributed by atoms with Crippen LogP contribution in [-0.2, 0) is 37.9 Å². The number of alkyl halides is 1. The number of hydrogen-bond donors (Lipinski definition) is 0. The van der Waals surface area contributed by atoms with Crippen molar-refractivity contribution in [2.75, 3.05) is 111 Å². The minimum absolute atomic E-state index is 0.549. The zero-order valence-corrected chi connectivity index (χ0v) is 27.4. The van der Waals surface area contributed by atoms with Gasteiger partial charge in [0.05, 0.1) is 99.1 Å². The van der Waals surface area contributed by atoms with Gasteiger partial charge in [0.25, 0.3) is 0 Å². The molecule has 0 heterocycles. The second-order valence-electron chi connectivity index (χ2n) is 9.83. The second-order valence-corrected chi connectivity index (χ2v) is 10.6. The van der Waals surface area contributed by atoms with Gasteiger partial charge in [0, 0.05) is 11.9 Å². The number of halogens is 1. The normalized spacial score (nSPS) is 11.6. The van der Waals surface area contributed by atoms with Crippen molar-refractivity contribution >= 4 is 15.9 Å². The maximum Gasteiger partial charge on any atom is 0.0701 e. The van der Waals surface area contributed by atoms with Crippen LogP contribution in [0.3, 0.4) is 0 Å². The third-order valence-electron chi connectivity index (χ3n) is 6.22. The molecule has 0 aliphatic heterocycles. The Morgan fingerprint density at radius 1 is 0.275 bits per heavy atom. The molecule has 9 heteroatoms. The summed E-state index contributed by atoms with van der Waals surface area (Å²) >= 11 is 3.31. The van der Waals surface area contributed by atoms with Crippen molar-refractivity contribution in [2.45, 2.75) is 90.4 Å². The Balaban J connectivity index is 3.01. The molecule has 0 N–H and O–H groups in total. The summed E-state index contributed by atoms with van der Waals surface area (Å²) in [6, 6.07) is 0. The van der Waals surface area contributed by atoms with Gasteiger partial charge in [-0.15, -0.1) is 0 Å². The van der Waals surface area contributed by atoms with E-state index < -0.39 is 0 Å². The summed E-state index contributed by atoms with van der Waals surface area (Å²) in [5, 5.41) is 0.848. The maximum absolute atomic E-state index is 5.66. The van der Waals surface area contributed by atoms with E-state index in [1.165, 1.54) is 77.0 Å². The largest absolute Gasteiger partial charge is 0.379 e. The molecule has 0 saturated carbocycles. The molecule has 0 unspecified atom stereocenters. The van der Waals surface area contributed by atoms with Crippen LogP contribution in [0.4, 0.5) is 0 Å². The zero-order valence-electron chi connectivity index (χ0n) is 25.9. The first-order valence-electron chi connectivity index (χ1n) is 16.1. The monoisotopic (exact) mass is 642 g/mol. The third-order valence-corrected chi connectivity index (χ3v) is 6.54. The Bertz CT molecular complexity index is 396. The topological polar surface area (TPSA) is 73.8 Å². The van der Waals surface area contributed by atoms with Crippen LogP contribution in [0.1, 0.15) is 90.4 Å². The smallest absolute Gasteiger partial charge is 0.0701 e. The number of hydrogen-bond acceptors (Lipinski definition) is 8. The van der Waals surface area contributed by atoms with Gasteiger partial charge in [-0.25, -0.2) is 0 Å². The molecule has 0 radical (unpaired) electrons. The van der Waals surface area contributed by atoms with E-state index in [1.54, 1.807) is 0 Å². The van der Waals surface area contributed by atoms with Gasteiger partial charge in [0.15, 0.2) is 0 Å². The van der Waals surface area contributed by atoms with Crippen LogP contribution in [0.25, 0.3) is 0 Å². The van der Waals surface area contributed by atoms with Crippen molar-refractivity contribution in [2.24, 2.45) is 0 Å². The molecular weight excluding hydrogens is 580 g/mol. The lowest BCUT2D eigenvalue weighted by atomic mass is 10.0. The highest BCUT2D eigenvalue weighted by Crippen LogP contribution is 2.12. The Kier molecular flexibility index (Phi) is 39.3. The average molecular weight is 644 g/mol. The molecule has 8 nitrogen and oxygen atoms in total. The van der Waals surface area contributed by atoms with Gasteiger partial charge >= 0.3 is 0 Å². The van der Waals surface area contributed by atoms with Crippen LogP contribution in [-0.4, -0.2) is 111 Å². The first kappa shape index (κ1) is 40.2. The summed E-state index contributed by atoms with van der Waals surface area (Å²) in [5.41, 5.74) is 0. The van der Waals surface area contributed by atoms with Crippen LogP contribution in [0.15, 0.2) is 0 Å². The maximum atomic E-state index is 5.66. The summed E-state index contributed by atoms with van der Waals surface area (Å²) in [4.78, 5) is 0.